The number of benzene rings is 2. The molecule has 0 saturated carbocycles. The van der Waals surface area contributed by atoms with Crippen LogP contribution in [0.5, 0.6) is 17.4 Å². The Hall–Kier alpha value is -3.92. The van der Waals surface area contributed by atoms with Gasteiger partial charge in [0.1, 0.15) is 23.9 Å². The Bertz CT molecular complexity index is 1310. The molecule has 0 spiro atoms. The topological polar surface area (TPSA) is 99.9 Å². The highest BCUT2D eigenvalue weighted by atomic mass is 35.5. The molecule has 0 fully saturated rings. The number of hydrogen-bond donors (Lipinski definition) is 1. The molecule has 2 aromatic heterocycles. The van der Waals surface area contributed by atoms with E-state index in [1.165, 1.54) is 16.6 Å². The zero-order valence-corrected chi connectivity index (χ0v) is 19.2. The predicted molar refractivity (Wildman–Crippen MR) is 123 cm³/mol. The van der Waals surface area contributed by atoms with Crippen LogP contribution in [-0.2, 0) is 11.2 Å². The highest BCUT2D eigenvalue weighted by Crippen LogP contribution is 2.32. The first-order valence-electron chi connectivity index (χ1n) is 10.3. The highest BCUT2D eigenvalue weighted by Gasteiger charge is 2.16. The first-order valence-corrected chi connectivity index (χ1v) is 10.6. The minimum atomic E-state index is -0.520. The van der Waals surface area contributed by atoms with E-state index in [0.717, 1.165) is 0 Å². The molecule has 0 atom stereocenters. The van der Waals surface area contributed by atoms with E-state index in [-0.39, 0.29) is 36.1 Å². The third-order valence-electron chi connectivity index (χ3n) is 4.96. The molecular formula is C23H21ClFN5O4. The van der Waals surface area contributed by atoms with E-state index in [1.807, 2.05) is 0 Å². The number of halogens is 2. The Morgan fingerprint density at radius 1 is 1.12 bits per heavy atom. The predicted octanol–water partition coefficient (Wildman–Crippen LogP) is 3.34. The number of methoxy groups -OCH3 is 2. The van der Waals surface area contributed by atoms with Crippen molar-refractivity contribution in [1.82, 2.24) is 25.1 Å². The van der Waals surface area contributed by atoms with Gasteiger partial charge in [-0.15, -0.1) is 15.3 Å². The average molecular weight is 486 g/mol. The van der Waals surface area contributed by atoms with Crippen molar-refractivity contribution in [3.8, 4) is 28.8 Å². The number of fused-ring (bicyclic) bond motifs is 1. The lowest BCUT2D eigenvalue weighted by Crippen LogP contribution is -2.29. The molecular weight excluding hydrogens is 465 g/mol. The quantitative estimate of drug-likeness (QED) is 0.363. The summed E-state index contributed by atoms with van der Waals surface area (Å²) in [5, 5.41) is 15.7. The van der Waals surface area contributed by atoms with Gasteiger partial charge in [0.15, 0.2) is 11.5 Å². The molecule has 2 aromatic carbocycles. The summed E-state index contributed by atoms with van der Waals surface area (Å²) >= 11 is 5.97. The van der Waals surface area contributed by atoms with E-state index in [4.69, 9.17) is 25.8 Å². The fourth-order valence-corrected chi connectivity index (χ4v) is 3.51. The van der Waals surface area contributed by atoms with Gasteiger partial charge in [-0.1, -0.05) is 17.7 Å². The summed E-state index contributed by atoms with van der Waals surface area (Å²) in [7, 11) is 3.13. The SMILES string of the molecule is COc1ccc(OC)c(-c2nnc3ccc(OCCNC(=O)Cc4c(F)cccc4Cl)nn23)c1. The molecule has 4 aromatic rings. The van der Waals surface area contributed by atoms with Crippen molar-refractivity contribution < 1.29 is 23.4 Å². The molecule has 2 heterocycles. The molecule has 0 saturated heterocycles. The highest BCUT2D eigenvalue weighted by molar-refractivity contribution is 6.31. The molecule has 0 aliphatic carbocycles. The van der Waals surface area contributed by atoms with Gasteiger partial charge >= 0.3 is 0 Å². The van der Waals surface area contributed by atoms with Crippen LogP contribution < -0.4 is 19.5 Å². The van der Waals surface area contributed by atoms with Gasteiger partial charge in [-0.2, -0.15) is 4.52 Å². The van der Waals surface area contributed by atoms with Crippen LogP contribution in [-0.4, -0.2) is 53.1 Å². The van der Waals surface area contributed by atoms with Gasteiger partial charge < -0.3 is 19.5 Å². The molecule has 1 N–H and O–H groups in total. The minimum Gasteiger partial charge on any atom is -0.497 e. The van der Waals surface area contributed by atoms with Gasteiger partial charge in [0.25, 0.3) is 0 Å². The molecule has 4 rings (SSSR count). The number of rotatable bonds is 9. The van der Waals surface area contributed by atoms with Crippen molar-refractivity contribution in [2.24, 2.45) is 0 Å². The first kappa shape index (κ1) is 23.2. The maximum atomic E-state index is 13.8. The van der Waals surface area contributed by atoms with Crippen LogP contribution in [0.1, 0.15) is 5.56 Å². The van der Waals surface area contributed by atoms with E-state index in [9.17, 15) is 9.18 Å². The van der Waals surface area contributed by atoms with Crippen LogP contribution in [0.2, 0.25) is 5.02 Å². The van der Waals surface area contributed by atoms with Crippen molar-refractivity contribution in [3.63, 3.8) is 0 Å². The number of hydrogen-bond acceptors (Lipinski definition) is 7. The second-order valence-electron chi connectivity index (χ2n) is 7.11. The van der Waals surface area contributed by atoms with Gasteiger partial charge in [0.05, 0.1) is 32.7 Å². The summed E-state index contributed by atoms with van der Waals surface area (Å²) < 4.78 is 31.8. The van der Waals surface area contributed by atoms with E-state index < -0.39 is 5.82 Å². The fourth-order valence-electron chi connectivity index (χ4n) is 3.28. The largest absolute Gasteiger partial charge is 0.497 e. The zero-order valence-electron chi connectivity index (χ0n) is 18.4. The summed E-state index contributed by atoms with van der Waals surface area (Å²) in [6, 6.07) is 13.0. The molecule has 1 amide bonds. The first-order chi connectivity index (χ1) is 16.5. The van der Waals surface area contributed by atoms with E-state index >= 15 is 0 Å². The lowest BCUT2D eigenvalue weighted by molar-refractivity contribution is -0.120. The number of ether oxygens (including phenoxy) is 3. The molecule has 0 bridgehead atoms. The molecule has 9 nitrogen and oxygen atoms in total. The maximum absolute atomic E-state index is 13.8. The summed E-state index contributed by atoms with van der Waals surface area (Å²) in [5.41, 5.74) is 1.32. The van der Waals surface area contributed by atoms with Gasteiger partial charge in [-0.05, 0) is 36.4 Å². The Labute approximate surface area is 199 Å². The molecule has 0 aliphatic rings. The minimum absolute atomic E-state index is 0.148. The third-order valence-corrected chi connectivity index (χ3v) is 5.31. The Kier molecular flexibility index (Phi) is 7.07. The van der Waals surface area contributed by atoms with Crippen LogP contribution in [0.4, 0.5) is 4.39 Å². The molecule has 0 unspecified atom stereocenters. The fraction of sp³-hybridized carbons (Fsp3) is 0.217. The van der Waals surface area contributed by atoms with Gasteiger partial charge in [0, 0.05) is 16.7 Å². The van der Waals surface area contributed by atoms with Crippen LogP contribution in [0.15, 0.2) is 48.5 Å². The van der Waals surface area contributed by atoms with E-state index in [2.05, 4.69) is 20.6 Å². The number of nitrogens with zero attached hydrogens (tertiary/aromatic N) is 4. The van der Waals surface area contributed by atoms with Crippen molar-refractivity contribution in [1.29, 1.82) is 0 Å². The second-order valence-corrected chi connectivity index (χ2v) is 7.51. The van der Waals surface area contributed by atoms with Crippen molar-refractivity contribution in [3.05, 3.63) is 64.9 Å². The van der Waals surface area contributed by atoms with E-state index in [1.54, 1.807) is 50.6 Å². The smallest absolute Gasteiger partial charge is 0.231 e. The van der Waals surface area contributed by atoms with Crippen molar-refractivity contribution in [2.45, 2.75) is 6.42 Å². The van der Waals surface area contributed by atoms with Crippen molar-refractivity contribution >= 4 is 23.2 Å². The van der Waals surface area contributed by atoms with Gasteiger partial charge in [-0.25, -0.2) is 4.39 Å². The van der Waals surface area contributed by atoms with Crippen LogP contribution >= 0.6 is 11.6 Å². The molecule has 0 aliphatic heterocycles. The molecule has 0 radical (unpaired) electrons. The molecule has 11 heteroatoms. The molecule has 34 heavy (non-hydrogen) atoms. The lowest BCUT2D eigenvalue weighted by atomic mass is 10.1. The summed E-state index contributed by atoms with van der Waals surface area (Å²) in [4.78, 5) is 12.1. The molecule has 176 valence electrons. The normalized spacial score (nSPS) is 10.8. The average Bonchev–Trinajstić information content (AvgIpc) is 3.27. The van der Waals surface area contributed by atoms with Crippen LogP contribution in [0, 0.1) is 5.82 Å². The third kappa shape index (κ3) is 5.01. The van der Waals surface area contributed by atoms with Crippen LogP contribution in [0.25, 0.3) is 17.0 Å². The monoisotopic (exact) mass is 485 g/mol. The Morgan fingerprint density at radius 3 is 2.74 bits per heavy atom. The van der Waals surface area contributed by atoms with Gasteiger partial charge in [0.2, 0.25) is 11.8 Å². The number of nitrogens with one attached hydrogen (secondary N) is 1. The number of aromatic nitrogens is 4. The standard InChI is InChI=1S/C23H21ClFN5O4/c1-32-14-6-7-19(33-2)16(12-14)23-28-27-20-8-9-22(29-30(20)23)34-11-10-26-21(31)13-15-17(24)4-3-5-18(15)25/h3-9,12H,10-11,13H2,1-2H3,(H,26,31). The number of carbonyl (C=O) groups is 1. The van der Waals surface area contributed by atoms with Crippen molar-refractivity contribution in [2.75, 3.05) is 27.4 Å². The summed E-state index contributed by atoms with van der Waals surface area (Å²) in [6.45, 7) is 0.346. The Morgan fingerprint density at radius 2 is 1.97 bits per heavy atom. The summed E-state index contributed by atoms with van der Waals surface area (Å²) in [5.74, 6) is 1.08. The summed E-state index contributed by atoms with van der Waals surface area (Å²) in [6.07, 6.45) is -0.165. The number of carbonyl (C=O) groups excluding carboxylic acids is 1. The van der Waals surface area contributed by atoms with Gasteiger partial charge in [-0.3, -0.25) is 4.79 Å². The second kappa shape index (κ2) is 10.3. The Balaban J connectivity index is 1.42. The van der Waals surface area contributed by atoms with Crippen LogP contribution in [0.3, 0.4) is 0 Å². The maximum Gasteiger partial charge on any atom is 0.231 e. The van der Waals surface area contributed by atoms with E-state index in [0.29, 0.717) is 34.4 Å². The lowest BCUT2D eigenvalue weighted by Gasteiger charge is -2.10. The number of amides is 1. The zero-order chi connectivity index (χ0) is 24.1.